The number of rotatable bonds is 4. The second-order valence-corrected chi connectivity index (χ2v) is 7.13. The van der Waals surface area contributed by atoms with Crippen LogP contribution in [0, 0.1) is 0 Å². The van der Waals surface area contributed by atoms with E-state index >= 15 is 0 Å². The molecule has 8 heteroatoms. The molecule has 0 atom stereocenters. The van der Waals surface area contributed by atoms with Crippen LogP contribution in [0.5, 0.6) is 0 Å². The van der Waals surface area contributed by atoms with Gasteiger partial charge in [-0.3, -0.25) is 9.78 Å². The number of carbonyl (C=O) groups excluding carboxylic acids is 2. The number of carbonyl (C=O) groups is 2. The second-order valence-electron chi connectivity index (χ2n) is 7.13. The number of likely N-dealkylation sites (N-methyl/N-ethyl adjacent to an activating group) is 1. The van der Waals surface area contributed by atoms with Crippen molar-refractivity contribution in [2.24, 2.45) is 0 Å². The van der Waals surface area contributed by atoms with Gasteiger partial charge in [-0.25, -0.2) is 4.79 Å². The molecular weight excluding hydrogens is 370 g/mol. The number of nitrogens with zero attached hydrogens (tertiary/aromatic N) is 3. The standard InChI is InChI=1S/C21H23N5O3/c1-25-7-9-26(10-8-25)20(27)18-13-17(4-6-22-18)24-21(28)23-14-15-2-3-19-16(12-15)5-11-29-19/h2-6,11-13H,7-10,14H2,1H3,(H2,22,23,24,28). The fourth-order valence-corrected chi connectivity index (χ4v) is 3.28. The third-order valence-corrected chi connectivity index (χ3v) is 5.00. The average Bonchev–Trinajstić information content (AvgIpc) is 3.20. The number of urea groups is 1. The molecule has 2 aromatic heterocycles. The fraction of sp³-hybridized carbons (Fsp3) is 0.286. The maximum atomic E-state index is 12.6. The number of amides is 3. The lowest BCUT2D eigenvalue weighted by Crippen LogP contribution is -2.47. The molecule has 3 heterocycles. The Labute approximate surface area is 168 Å². The fourth-order valence-electron chi connectivity index (χ4n) is 3.28. The molecule has 2 N–H and O–H groups in total. The van der Waals surface area contributed by atoms with Crippen LogP contribution >= 0.6 is 0 Å². The zero-order valence-electron chi connectivity index (χ0n) is 16.2. The van der Waals surface area contributed by atoms with Gasteiger partial charge in [-0.15, -0.1) is 0 Å². The van der Waals surface area contributed by atoms with E-state index in [9.17, 15) is 9.59 Å². The number of piperazine rings is 1. The number of aromatic nitrogens is 1. The second kappa shape index (κ2) is 8.32. The first-order valence-corrected chi connectivity index (χ1v) is 9.53. The van der Waals surface area contributed by atoms with Crippen molar-refractivity contribution in [3.8, 4) is 0 Å². The van der Waals surface area contributed by atoms with E-state index < -0.39 is 0 Å². The number of furan rings is 1. The van der Waals surface area contributed by atoms with Crippen molar-refractivity contribution < 1.29 is 14.0 Å². The number of benzene rings is 1. The predicted octanol–water partition coefficient (Wildman–Crippen LogP) is 2.54. The predicted molar refractivity (Wildman–Crippen MR) is 110 cm³/mol. The zero-order chi connectivity index (χ0) is 20.2. The molecule has 1 aliphatic rings. The van der Waals surface area contributed by atoms with Gasteiger partial charge in [0.25, 0.3) is 5.91 Å². The first kappa shape index (κ1) is 18.9. The van der Waals surface area contributed by atoms with Crippen LogP contribution in [0.3, 0.4) is 0 Å². The van der Waals surface area contributed by atoms with Crippen LogP contribution in [0.1, 0.15) is 16.1 Å². The lowest BCUT2D eigenvalue weighted by molar-refractivity contribution is 0.0658. The Kier molecular flexibility index (Phi) is 5.44. The largest absolute Gasteiger partial charge is 0.464 e. The molecule has 150 valence electrons. The summed E-state index contributed by atoms with van der Waals surface area (Å²) in [5, 5.41) is 6.57. The quantitative estimate of drug-likeness (QED) is 0.711. The van der Waals surface area contributed by atoms with Crippen molar-refractivity contribution in [1.82, 2.24) is 20.1 Å². The summed E-state index contributed by atoms with van der Waals surface area (Å²) in [6.45, 7) is 3.42. The van der Waals surface area contributed by atoms with Crippen LogP contribution in [0.25, 0.3) is 11.0 Å². The molecule has 29 heavy (non-hydrogen) atoms. The number of hydrogen-bond donors (Lipinski definition) is 2. The summed E-state index contributed by atoms with van der Waals surface area (Å²) in [7, 11) is 2.04. The van der Waals surface area contributed by atoms with Crippen molar-refractivity contribution in [2.75, 3.05) is 38.5 Å². The molecule has 0 aliphatic carbocycles. The lowest BCUT2D eigenvalue weighted by Gasteiger charge is -2.32. The highest BCUT2D eigenvalue weighted by atomic mass is 16.3. The van der Waals surface area contributed by atoms with E-state index in [4.69, 9.17) is 4.42 Å². The van der Waals surface area contributed by atoms with Crippen LogP contribution in [-0.2, 0) is 6.54 Å². The van der Waals surface area contributed by atoms with Gasteiger partial charge in [0.05, 0.1) is 6.26 Å². The molecule has 0 bridgehead atoms. The van der Waals surface area contributed by atoms with Crippen LogP contribution < -0.4 is 10.6 Å². The van der Waals surface area contributed by atoms with Crippen molar-refractivity contribution in [3.05, 3.63) is 60.1 Å². The Morgan fingerprint density at radius 3 is 2.76 bits per heavy atom. The molecule has 0 radical (unpaired) electrons. The van der Waals surface area contributed by atoms with Crippen molar-refractivity contribution in [3.63, 3.8) is 0 Å². The smallest absolute Gasteiger partial charge is 0.319 e. The van der Waals surface area contributed by atoms with Gasteiger partial charge in [0, 0.05) is 50.0 Å². The molecule has 8 nitrogen and oxygen atoms in total. The normalized spacial score (nSPS) is 14.7. The third-order valence-electron chi connectivity index (χ3n) is 5.00. The van der Waals surface area contributed by atoms with Crippen molar-refractivity contribution in [2.45, 2.75) is 6.54 Å². The van der Waals surface area contributed by atoms with Gasteiger partial charge < -0.3 is 24.9 Å². The Morgan fingerprint density at radius 2 is 1.93 bits per heavy atom. The summed E-state index contributed by atoms with van der Waals surface area (Å²) in [4.78, 5) is 33.1. The summed E-state index contributed by atoms with van der Waals surface area (Å²) in [5.41, 5.74) is 2.64. The molecule has 0 spiro atoms. The van der Waals surface area contributed by atoms with Gasteiger partial charge in [-0.1, -0.05) is 6.07 Å². The first-order chi connectivity index (χ1) is 14.1. The minimum atomic E-state index is -0.346. The van der Waals surface area contributed by atoms with Gasteiger partial charge in [0.1, 0.15) is 11.3 Å². The third kappa shape index (κ3) is 4.55. The van der Waals surface area contributed by atoms with E-state index in [0.717, 1.165) is 29.6 Å². The number of anilines is 1. The Balaban J connectivity index is 1.34. The number of hydrogen-bond acceptors (Lipinski definition) is 5. The highest BCUT2D eigenvalue weighted by molar-refractivity contribution is 5.95. The van der Waals surface area contributed by atoms with E-state index in [-0.39, 0.29) is 11.9 Å². The van der Waals surface area contributed by atoms with E-state index in [2.05, 4.69) is 20.5 Å². The molecular formula is C21H23N5O3. The highest BCUT2D eigenvalue weighted by Crippen LogP contribution is 2.17. The zero-order valence-corrected chi connectivity index (χ0v) is 16.2. The maximum absolute atomic E-state index is 12.6. The average molecular weight is 393 g/mol. The monoisotopic (exact) mass is 393 g/mol. The first-order valence-electron chi connectivity index (χ1n) is 9.53. The van der Waals surface area contributed by atoms with Gasteiger partial charge in [0.2, 0.25) is 0 Å². The van der Waals surface area contributed by atoms with Crippen molar-refractivity contribution in [1.29, 1.82) is 0 Å². The minimum absolute atomic E-state index is 0.115. The van der Waals surface area contributed by atoms with Crippen LogP contribution in [0.2, 0.25) is 0 Å². The summed E-state index contributed by atoms with van der Waals surface area (Å²) in [5.74, 6) is -0.115. The number of fused-ring (bicyclic) bond motifs is 1. The van der Waals surface area contributed by atoms with E-state index in [1.54, 1.807) is 23.3 Å². The Morgan fingerprint density at radius 1 is 1.10 bits per heavy atom. The number of nitrogens with one attached hydrogen (secondary N) is 2. The molecule has 1 saturated heterocycles. The molecule has 3 aromatic rings. The van der Waals surface area contributed by atoms with E-state index in [1.807, 2.05) is 31.3 Å². The topological polar surface area (TPSA) is 90.7 Å². The van der Waals surface area contributed by atoms with Gasteiger partial charge in [-0.05, 0) is 42.9 Å². The molecule has 3 amide bonds. The summed E-state index contributed by atoms with van der Waals surface area (Å²) < 4.78 is 5.32. The van der Waals surface area contributed by atoms with Crippen LogP contribution in [-0.4, -0.2) is 59.9 Å². The summed E-state index contributed by atoms with van der Waals surface area (Å²) in [6.07, 6.45) is 3.17. The Hall–Kier alpha value is -3.39. The molecule has 4 rings (SSSR count). The molecule has 1 fully saturated rings. The molecule has 1 aliphatic heterocycles. The summed E-state index contributed by atoms with van der Waals surface area (Å²) >= 11 is 0. The van der Waals surface area contributed by atoms with Crippen LogP contribution in [0.4, 0.5) is 10.5 Å². The van der Waals surface area contributed by atoms with Gasteiger partial charge in [-0.2, -0.15) is 0 Å². The molecule has 1 aromatic carbocycles. The number of pyridine rings is 1. The Bertz CT molecular complexity index is 1020. The minimum Gasteiger partial charge on any atom is -0.464 e. The van der Waals surface area contributed by atoms with Crippen LogP contribution in [0.15, 0.2) is 53.3 Å². The van der Waals surface area contributed by atoms with Gasteiger partial charge in [0.15, 0.2) is 0 Å². The lowest BCUT2D eigenvalue weighted by atomic mass is 10.1. The van der Waals surface area contributed by atoms with Crippen molar-refractivity contribution >= 4 is 28.6 Å². The van der Waals surface area contributed by atoms with Gasteiger partial charge >= 0.3 is 6.03 Å². The summed E-state index contributed by atoms with van der Waals surface area (Å²) in [6, 6.07) is 10.6. The van der Waals surface area contributed by atoms with E-state index in [0.29, 0.717) is 31.0 Å². The SMILES string of the molecule is CN1CCN(C(=O)c2cc(NC(=O)NCc3ccc4occc4c3)ccn2)CC1. The highest BCUT2D eigenvalue weighted by Gasteiger charge is 2.21. The maximum Gasteiger partial charge on any atom is 0.319 e. The molecule has 0 unspecified atom stereocenters. The van der Waals surface area contributed by atoms with E-state index in [1.165, 1.54) is 6.20 Å². The molecule has 0 saturated carbocycles.